The number of amides is 1. The van der Waals surface area contributed by atoms with Gasteiger partial charge in [-0.05, 0) is 12.3 Å². The molecule has 0 rings (SSSR count). The summed E-state index contributed by atoms with van der Waals surface area (Å²) < 4.78 is 23.6. The number of primary amides is 1. The molecule has 0 aliphatic heterocycles. The Morgan fingerprint density at radius 3 is 2.46 bits per heavy atom. The second kappa shape index (κ2) is 5.18. The standard InChI is InChI=1S/C7H16N2O3S/c1-6(5-7(8)10)3-4-9-13(2,11)12/h6,9H,3-5H2,1-2H3,(H2,8,10)/t6-/m0/s1. The van der Waals surface area contributed by atoms with Crippen LogP contribution in [-0.2, 0) is 14.8 Å². The van der Waals surface area contributed by atoms with Crippen LogP contribution in [0.2, 0.25) is 0 Å². The number of nitrogens with one attached hydrogen (secondary N) is 1. The van der Waals surface area contributed by atoms with Crippen LogP contribution >= 0.6 is 0 Å². The second-order valence-electron chi connectivity index (χ2n) is 3.23. The number of rotatable bonds is 6. The van der Waals surface area contributed by atoms with Gasteiger partial charge in [-0.2, -0.15) is 0 Å². The molecule has 1 atom stereocenters. The summed E-state index contributed by atoms with van der Waals surface area (Å²) in [5.74, 6) is -0.237. The highest BCUT2D eigenvalue weighted by molar-refractivity contribution is 7.88. The number of carbonyl (C=O) groups is 1. The largest absolute Gasteiger partial charge is 0.370 e. The van der Waals surface area contributed by atoms with Gasteiger partial charge < -0.3 is 5.73 Å². The maximum Gasteiger partial charge on any atom is 0.217 e. The summed E-state index contributed by atoms with van der Waals surface area (Å²) in [5, 5.41) is 0. The molecule has 0 aromatic rings. The summed E-state index contributed by atoms with van der Waals surface area (Å²) in [5.41, 5.74) is 4.97. The normalized spacial score (nSPS) is 14.0. The third-order valence-electron chi connectivity index (χ3n) is 1.55. The first-order valence-electron chi connectivity index (χ1n) is 4.04. The Morgan fingerprint density at radius 2 is 2.08 bits per heavy atom. The van der Waals surface area contributed by atoms with E-state index in [2.05, 4.69) is 4.72 Å². The van der Waals surface area contributed by atoms with Crippen molar-refractivity contribution in [3.8, 4) is 0 Å². The van der Waals surface area contributed by atoms with Gasteiger partial charge in [0.15, 0.2) is 0 Å². The first-order valence-corrected chi connectivity index (χ1v) is 5.93. The molecule has 0 spiro atoms. The molecule has 5 nitrogen and oxygen atoms in total. The van der Waals surface area contributed by atoms with E-state index in [-0.39, 0.29) is 11.8 Å². The molecular formula is C7H16N2O3S. The average Bonchev–Trinajstić information content (AvgIpc) is 1.81. The van der Waals surface area contributed by atoms with Crippen LogP contribution < -0.4 is 10.5 Å². The monoisotopic (exact) mass is 208 g/mol. The third kappa shape index (κ3) is 9.29. The summed E-state index contributed by atoms with van der Waals surface area (Å²) in [6.07, 6.45) is 2.02. The Morgan fingerprint density at radius 1 is 1.54 bits per heavy atom. The first-order chi connectivity index (χ1) is 5.81. The van der Waals surface area contributed by atoms with Gasteiger partial charge in [-0.1, -0.05) is 6.92 Å². The molecule has 1 amide bonds. The van der Waals surface area contributed by atoms with Gasteiger partial charge in [0.1, 0.15) is 0 Å². The van der Waals surface area contributed by atoms with Gasteiger partial charge in [-0.3, -0.25) is 4.79 Å². The van der Waals surface area contributed by atoms with Crippen molar-refractivity contribution >= 4 is 15.9 Å². The lowest BCUT2D eigenvalue weighted by atomic mass is 10.0. The van der Waals surface area contributed by atoms with E-state index >= 15 is 0 Å². The molecule has 0 fully saturated rings. The van der Waals surface area contributed by atoms with Crippen LogP contribution in [-0.4, -0.2) is 27.1 Å². The van der Waals surface area contributed by atoms with Gasteiger partial charge >= 0.3 is 0 Å². The summed E-state index contributed by atoms with van der Waals surface area (Å²) in [6, 6.07) is 0. The van der Waals surface area contributed by atoms with E-state index in [9.17, 15) is 13.2 Å². The molecule has 0 heterocycles. The zero-order valence-corrected chi connectivity index (χ0v) is 8.73. The number of hydrogen-bond donors (Lipinski definition) is 2. The van der Waals surface area contributed by atoms with Crippen molar-refractivity contribution in [3.63, 3.8) is 0 Å². The van der Waals surface area contributed by atoms with E-state index in [0.717, 1.165) is 6.26 Å². The van der Waals surface area contributed by atoms with Crippen LogP contribution in [0.5, 0.6) is 0 Å². The van der Waals surface area contributed by atoms with Crippen molar-refractivity contribution in [3.05, 3.63) is 0 Å². The van der Waals surface area contributed by atoms with Crippen LogP contribution in [0.3, 0.4) is 0 Å². The fourth-order valence-electron chi connectivity index (χ4n) is 0.936. The number of carbonyl (C=O) groups excluding carboxylic acids is 1. The molecular weight excluding hydrogens is 192 g/mol. The number of sulfonamides is 1. The van der Waals surface area contributed by atoms with E-state index in [4.69, 9.17) is 5.73 Å². The van der Waals surface area contributed by atoms with Gasteiger partial charge in [-0.25, -0.2) is 13.1 Å². The molecule has 0 bridgehead atoms. The molecule has 0 unspecified atom stereocenters. The molecule has 0 aliphatic rings. The van der Waals surface area contributed by atoms with Crippen LogP contribution in [0.4, 0.5) is 0 Å². The van der Waals surface area contributed by atoms with Gasteiger partial charge in [0.2, 0.25) is 15.9 Å². The smallest absolute Gasteiger partial charge is 0.217 e. The Hall–Kier alpha value is -0.620. The Bertz CT molecular complexity index is 261. The maximum absolute atomic E-state index is 10.6. The van der Waals surface area contributed by atoms with E-state index in [1.807, 2.05) is 6.92 Å². The molecule has 3 N–H and O–H groups in total. The van der Waals surface area contributed by atoms with Gasteiger partial charge in [0, 0.05) is 13.0 Å². The molecule has 0 saturated heterocycles. The molecule has 0 aromatic carbocycles. The van der Waals surface area contributed by atoms with Gasteiger partial charge in [-0.15, -0.1) is 0 Å². The highest BCUT2D eigenvalue weighted by atomic mass is 32.2. The quantitative estimate of drug-likeness (QED) is 0.613. The van der Waals surface area contributed by atoms with Crippen LogP contribution in [0.1, 0.15) is 19.8 Å². The molecule has 13 heavy (non-hydrogen) atoms. The Kier molecular flexibility index (Phi) is 4.94. The van der Waals surface area contributed by atoms with Gasteiger partial charge in [0.05, 0.1) is 6.26 Å². The SMILES string of the molecule is C[C@@H](CCNS(C)(=O)=O)CC(N)=O. The Labute approximate surface area is 78.7 Å². The molecule has 0 saturated carbocycles. The topological polar surface area (TPSA) is 89.3 Å². The minimum atomic E-state index is -3.11. The average molecular weight is 208 g/mol. The molecule has 0 aromatic heterocycles. The predicted molar refractivity (Wildman–Crippen MR) is 50.4 cm³/mol. The summed E-state index contributed by atoms with van der Waals surface area (Å²) in [4.78, 5) is 10.5. The fraction of sp³-hybridized carbons (Fsp3) is 0.857. The van der Waals surface area contributed by atoms with Crippen molar-refractivity contribution < 1.29 is 13.2 Å². The van der Waals surface area contributed by atoms with Crippen molar-refractivity contribution in [2.45, 2.75) is 19.8 Å². The van der Waals surface area contributed by atoms with Crippen molar-refractivity contribution in [2.75, 3.05) is 12.8 Å². The van der Waals surface area contributed by atoms with E-state index < -0.39 is 10.0 Å². The van der Waals surface area contributed by atoms with Crippen molar-refractivity contribution in [1.29, 1.82) is 0 Å². The van der Waals surface area contributed by atoms with Crippen molar-refractivity contribution in [1.82, 2.24) is 4.72 Å². The highest BCUT2D eigenvalue weighted by Gasteiger charge is 2.07. The predicted octanol–water partition coefficient (Wildman–Crippen LogP) is -0.563. The summed E-state index contributed by atoms with van der Waals surface area (Å²) >= 11 is 0. The molecule has 6 heteroatoms. The van der Waals surface area contributed by atoms with Gasteiger partial charge in [0.25, 0.3) is 0 Å². The van der Waals surface area contributed by atoms with Crippen LogP contribution in [0, 0.1) is 5.92 Å². The zero-order valence-electron chi connectivity index (χ0n) is 7.91. The van der Waals surface area contributed by atoms with E-state index in [1.54, 1.807) is 0 Å². The lowest BCUT2D eigenvalue weighted by Gasteiger charge is -2.08. The summed E-state index contributed by atoms with van der Waals surface area (Å²) in [6.45, 7) is 2.21. The van der Waals surface area contributed by atoms with Crippen LogP contribution in [0.25, 0.3) is 0 Å². The first kappa shape index (κ1) is 12.4. The minimum absolute atomic E-state index is 0.117. The fourth-order valence-corrected chi connectivity index (χ4v) is 1.42. The lowest BCUT2D eigenvalue weighted by molar-refractivity contribution is -0.118. The number of hydrogen-bond acceptors (Lipinski definition) is 3. The Balaban J connectivity index is 3.60. The van der Waals surface area contributed by atoms with E-state index in [1.165, 1.54) is 0 Å². The maximum atomic E-state index is 10.6. The molecule has 0 radical (unpaired) electrons. The zero-order chi connectivity index (χ0) is 10.5. The van der Waals surface area contributed by atoms with Crippen LogP contribution in [0.15, 0.2) is 0 Å². The third-order valence-corrected chi connectivity index (χ3v) is 2.28. The summed E-state index contributed by atoms with van der Waals surface area (Å²) in [7, 11) is -3.11. The highest BCUT2D eigenvalue weighted by Crippen LogP contribution is 2.05. The molecule has 0 aliphatic carbocycles. The second-order valence-corrected chi connectivity index (χ2v) is 5.06. The molecule has 78 valence electrons. The number of nitrogens with two attached hydrogens (primary N) is 1. The lowest BCUT2D eigenvalue weighted by Crippen LogP contribution is -2.25. The van der Waals surface area contributed by atoms with E-state index in [0.29, 0.717) is 19.4 Å². The minimum Gasteiger partial charge on any atom is -0.370 e. The van der Waals surface area contributed by atoms with Crippen molar-refractivity contribution in [2.24, 2.45) is 11.7 Å².